The van der Waals surface area contributed by atoms with Crippen LogP contribution in [0.5, 0.6) is 5.75 Å². The average molecular weight is 453 g/mol. The Morgan fingerprint density at radius 2 is 1.71 bits per heavy atom. The van der Waals surface area contributed by atoms with Crippen molar-refractivity contribution in [2.75, 3.05) is 12.4 Å². The number of anilines is 1. The number of aryl methyl sites for hydroxylation is 1. The fourth-order valence-electron chi connectivity index (χ4n) is 3.38. The summed E-state index contributed by atoms with van der Waals surface area (Å²) in [5.41, 5.74) is 3.95. The zero-order valence-corrected chi connectivity index (χ0v) is 18.8. The van der Waals surface area contributed by atoms with E-state index >= 15 is 0 Å². The van der Waals surface area contributed by atoms with Crippen LogP contribution in [-0.4, -0.2) is 29.0 Å². The number of carbonyl (C=O) groups is 2. The number of hydrogen-bond acceptors (Lipinski definition) is 6. The molecule has 1 atom stereocenters. The molecule has 0 saturated heterocycles. The second-order valence-electron chi connectivity index (χ2n) is 7.54. The maximum Gasteiger partial charge on any atom is 0.331 e. The van der Waals surface area contributed by atoms with Crippen LogP contribution in [0.1, 0.15) is 22.9 Å². The van der Waals surface area contributed by atoms with Crippen molar-refractivity contribution in [3.05, 3.63) is 102 Å². The van der Waals surface area contributed by atoms with Gasteiger partial charge in [0.1, 0.15) is 5.75 Å². The lowest BCUT2D eigenvalue weighted by molar-refractivity contribution is -0.149. The molecular formula is C27H23N3O4. The van der Waals surface area contributed by atoms with Crippen LogP contribution in [0.3, 0.4) is 0 Å². The smallest absolute Gasteiger partial charge is 0.331 e. The van der Waals surface area contributed by atoms with Gasteiger partial charge in [0.05, 0.1) is 35.7 Å². The van der Waals surface area contributed by atoms with Gasteiger partial charge in [-0.05, 0) is 42.8 Å². The minimum absolute atomic E-state index is 0.492. The number of fused-ring (bicyclic) bond motifs is 1. The number of rotatable bonds is 7. The van der Waals surface area contributed by atoms with Crippen molar-refractivity contribution in [3.8, 4) is 5.75 Å². The normalized spacial score (nSPS) is 11.8. The molecule has 1 amide bonds. The van der Waals surface area contributed by atoms with Crippen LogP contribution >= 0.6 is 0 Å². The molecule has 0 radical (unpaired) electrons. The maximum absolute atomic E-state index is 13.2. The fourth-order valence-corrected chi connectivity index (χ4v) is 3.38. The maximum atomic E-state index is 13.2. The van der Waals surface area contributed by atoms with E-state index in [2.05, 4.69) is 15.3 Å². The van der Waals surface area contributed by atoms with E-state index in [-0.39, 0.29) is 0 Å². The zero-order valence-electron chi connectivity index (χ0n) is 18.8. The number of carbonyl (C=O) groups excluding carboxylic acids is 2. The van der Waals surface area contributed by atoms with Crippen LogP contribution < -0.4 is 10.1 Å². The highest BCUT2D eigenvalue weighted by Crippen LogP contribution is 2.28. The monoisotopic (exact) mass is 453 g/mol. The first-order valence-corrected chi connectivity index (χ1v) is 10.6. The Morgan fingerprint density at radius 1 is 0.971 bits per heavy atom. The summed E-state index contributed by atoms with van der Waals surface area (Å²) >= 11 is 0. The predicted molar refractivity (Wildman–Crippen MR) is 130 cm³/mol. The van der Waals surface area contributed by atoms with Crippen molar-refractivity contribution < 1.29 is 19.1 Å². The highest BCUT2D eigenvalue weighted by Gasteiger charge is 2.25. The molecule has 0 aliphatic heterocycles. The van der Waals surface area contributed by atoms with Gasteiger partial charge in [0.25, 0.3) is 5.91 Å². The molecule has 7 nitrogen and oxygen atoms in total. The molecule has 1 N–H and O–H groups in total. The third-order valence-electron chi connectivity index (χ3n) is 5.04. The van der Waals surface area contributed by atoms with E-state index in [1.807, 2.05) is 43.3 Å². The topological polar surface area (TPSA) is 90.4 Å². The van der Waals surface area contributed by atoms with Crippen molar-refractivity contribution in [2.45, 2.75) is 13.0 Å². The van der Waals surface area contributed by atoms with Crippen LogP contribution in [0.25, 0.3) is 17.1 Å². The lowest BCUT2D eigenvalue weighted by Crippen LogP contribution is -2.25. The summed E-state index contributed by atoms with van der Waals surface area (Å²) in [5, 5.41) is 2.81. The Bertz CT molecular complexity index is 1350. The molecule has 0 aliphatic rings. The van der Waals surface area contributed by atoms with Crippen LogP contribution in [-0.2, 0) is 14.3 Å². The molecule has 4 aromatic rings. The largest absolute Gasteiger partial charge is 0.495 e. The van der Waals surface area contributed by atoms with Crippen molar-refractivity contribution in [2.24, 2.45) is 0 Å². The van der Waals surface area contributed by atoms with E-state index in [9.17, 15) is 9.59 Å². The molecule has 170 valence electrons. The summed E-state index contributed by atoms with van der Waals surface area (Å²) in [4.78, 5) is 34.6. The zero-order chi connectivity index (χ0) is 23.9. The summed E-state index contributed by atoms with van der Waals surface area (Å²) in [7, 11) is 1.52. The number of para-hydroxylation sites is 2. The van der Waals surface area contributed by atoms with Gasteiger partial charge >= 0.3 is 5.97 Å². The summed E-state index contributed by atoms with van der Waals surface area (Å²) in [6, 6.07) is 21.7. The molecule has 1 aromatic heterocycles. The first kappa shape index (κ1) is 22.7. The Labute approximate surface area is 197 Å². The number of methoxy groups -OCH3 is 1. The number of amides is 1. The molecule has 0 saturated carbocycles. The minimum atomic E-state index is -1.16. The van der Waals surface area contributed by atoms with E-state index in [0.29, 0.717) is 28.2 Å². The van der Waals surface area contributed by atoms with Gasteiger partial charge in [-0.3, -0.25) is 9.78 Å². The van der Waals surface area contributed by atoms with Crippen LogP contribution in [0.2, 0.25) is 0 Å². The number of hydrogen-bond donors (Lipinski definition) is 1. The molecule has 0 spiro atoms. The summed E-state index contributed by atoms with van der Waals surface area (Å²) in [5.74, 6) is -0.677. The van der Waals surface area contributed by atoms with E-state index in [4.69, 9.17) is 9.47 Å². The van der Waals surface area contributed by atoms with E-state index in [1.165, 1.54) is 19.3 Å². The Morgan fingerprint density at radius 3 is 2.47 bits per heavy atom. The number of ether oxygens (including phenoxy) is 2. The average Bonchev–Trinajstić information content (AvgIpc) is 2.86. The van der Waals surface area contributed by atoms with Gasteiger partial charge in [0, 0.05) is 11.6 Å². The second kappa shape index (κ2) is 10.4. The number of benzene rings is 3. The number of esters is 1. The summed E-state index contributed by atoms with van der Waals surface area (Å²) < 4.78 is 10.9. The molecule has 4 rings (SSSR count). The van der Waals surface area contributed by atoms with Crippen molar-refractivity contribution >= 4 is 34.7 Å². The first-order chi connectivity index (χ1) is 16.5. The molecule has 0 fully saturated rings. The first-order valence-electron chi connectivity index (χ1n) is 10.6. The standard InChI is InChI=1S/C27H23N3O4/c1-18-12-14-24(33-2)23(16-18)30-27(32)26(19-8-4-3-5-9-19)34-25(31)15-13-20-17-28-21-10-6-7-11-22(21)29-20/h3-17,26H,1-2H3,(H,30,32)/b15-13+. The summed E-state index contributed by atoms with van der Waals surface area (Å²) in [6.07, 6.45) is 3.14. The summed E-state index contributed by atoms with van der Waals surface area (Å²) in [6.45, 7) is 1.91. The van der Waals surface area contributed by atoms with Crippen LogP contribution in [0.15, 0.2) is 85.1 Å². The molecule has 7 heteroatoms. The van der Waals surface area contributed by atoms with Gasteiger partial charge in [-0.25, -0.2) is 9.78 Å². The van der Waals surface area contributed by atoms with Gasteiger partial charge in [-0.1, -0.05) is 48.5 Å². The van der Waals surface area contributed by atoms with Gasteiger partial charge in [-0.2, -0.15) is 0 Å². The number of nitrogens with zero attached hydrogens (tertiary/aromatic N) is 2. The molecule has 34 heavy (non-hydrogen) atoms. The number of aromatic nitrogens is 2. The molecule has 1 heterocycles. The van der Waals surface area contributed by atoms with E-state index < -0.39 is 18.0 Å². The quantitative estimate of drug-likeness (QED) is 0.317. The molecular weight excluding hydrogens is 430 g/mol. The van der Waals surface area contributed by atoms with Crippen LogP contribution in [0.4, 0.5) is 5.69 Å². The SMILES string of the molecule is COc1ccc(C)cc1NC(=O)C(OC(=O)/C=C/c1cnc2ccccc2n1)c1ccccc1. The van der Waals surface area contributed by atoms with Crippen molar-refractivity contribution in [1.29, 1.82) is 0 Å². The van der Waals surface area contributed by atoms with Gasteiger partial charge in [0.2, 0.25) is 6.10 Å². The second-order valence-corrected chi connectivity index (χ2v) is 7.54. The predicted octanol–water partition coefficient (Wildman–Crippen LogP) is 4.88. The van der Waals surface area contributed by atoms with Crippen molar-refractivity contribution in [1.82, 2.24) is 9.97 Å². The Balaban J connectivity index is 1.54. The highest BCUT2D eigenvalue weighted by atomic mass is 16.5. The van der Waals surface area contributed by atoms with Gasteiger partial charge in [-0.15, -0.1) is 0 Å². The highest BCUT2D eigenvalue weighted by molar-refractivity contribution is 5.98. The van der Waals surface area contributed by atoms with Crippen molar-refractivity contribution in [3.63, 3.8) is 0 Å². The third-order valence-corrected chi connectivity index (χ3v) is 5.04. The lowest BCUT2D eigenvalue weighted by atomic mass is 10.1. The van der Waals surface area contributed by atoms with Crippen LogP contribution in [0, 0.1) is 6.92 Å². The van der Waals surface area contributed by atoms with Gasteiger partial charge in [0.15, 0.2) is 0 Å². The van der Waals surface area contributed by atoms with E-state index in [0.717, 1.165) is 11.1 Å². The molecule has 0 bridgehead atoms. The third kappa shape index (κ3) is 5.45. The molecule has 1 unspecified atom stereocenters. The minimum Gasteiger partial charge on any atom is -0.495 e. The fraction of sp³-hybridized carbons (Fsp3) is 0.111. The molecule has 0 aliphatic carbocycles. The lowest BCUT2D eigenvalue weighted by Gasteiger charge is -2.18. The molecule has 3 aromatic carbocycles. The Hall–Kier alpha value is -4.52. The van der Waals surface area contributed by atoms with Gasteiger partial charge < -0.3 is 14.8 Å². The number of nitrogens with one attached hydrogen (secondary N) is 1. The van der Waals surface area contributed by atoms with E-state index in [1.54, 1.807) is 42.6 Å². The Kier molecular flexibility index (Phi) is 6.93.